The number of amides is 2. The fraction of sp³-hybridized carbons (Fsp3) is 0.562. The van der Waals surface area contributed by atoms with Crippen LogP contribution in [0.25, 0.3) is 0 Å². The summed E-state index contributed by atoms with van der Waals surface area (Å²) in [7, 11) is 3.45. The lowest BCUT2D eigenvalue weighted by molar-refractivity contribution is 0.151. The number of hydrogen-bond acceptors (Lipinski definition) is 2. The highest BCUT2D eigenvalue weighted by molar-refractivity contribution is 5.74. The van der Waals surface area contributed by atoms with Gasteiger partial charge < -0.3 is 15.0 Å². The van der Waals surface area contributed by atoms with Crippen LogP contribution in [0, 0.1) is 5.92 Å². The topological polar surface area (TPSA) is 41.6 Å². The molecule has 1 fully saturated rings. The summed E-state index contributed by atoms with van der Waals surface area (Å²) in [6, 6.07) is 10.4. The number of rotatable bonds is 6. The van der Waals surface area contributed by atoms with Crippen molar-refractivity contribution in [3.05, 3.63) is 35.9 Å². The van der Waals surface area contributed by atoms with Crippen molar-refractivity contribution in [1.29, 1.82) is 0 Å². The molecule has 0 bridgehead atoms. The minimum Gasteiger partial charge on any atom is -0.383 e. The number of urea groups is 1. The van der Waals surface area contributed by atoms with Crippen LogP contribution in [0.1, 0.15) is 30.9 Å². The molecule has 2 amide bonds. The van der Waals surface area contributed by atoms with Crippen LogP contribution in [0.2, 0.25) is 0 Å². The molecule has 1 aromatic carbocycles. The number of carbonyl (C=O) groups excluding carboxylic acids is 1. The molecule has 1 N–H and O–H groups in total. The van der Waals surface area contributed by atoms with Crippen molar-refractivity contribution in [2.24, 2.45) is 5.92 Å². The number of hydrogen-bond donors (Lipinski definition) is 1. The Balaban J connectivity index is 1.99. The van der Waals surface area contributed by atoms with Crippen LogP contribution < -0.4 is 5.32 Å². The second kappa shape index (κ2) is 7.29. The van der Waals surface area contributed by atoms with Gasteiger partial charge in [-0.1, -0.05) is 36.8 Å². The maximum atomic E-state index is 12.2. The first-order chi connectivity index (χ1) is 9.72. The minimum absolute atomic E-state index is 0.0252. The van der Waals surface area contributed by atoms with E-state index < -0.39 is 0 Å². The number of methoxy groups -OCH3 is 1. The molecule has 2 rings (SSSR count). The normalized spacial score (nSPS) is 16.3. The third kappa shape index (κ3) is 3.73. The zero-order chi connectivity index (χ0) is 14.4. The first-order valence-corrected chi connectivity index (χ1v) is 7.28. The van der Waals surface area contributed by atoms with Crippen LogP contribution in [0.3, 0.4) is 0 Å². The largest absolute Gasteiger partial charge is 0.383 e. The predicted octanol–water partition coefficient (Wildman–Crippen LogP) is 2.82. The number of nitrogens with one attached hydrogen (secondary N) is 1. The molecular formula is C16H24N2O2. The monoisotopic (exact) mass is 276 g/mol. The number of ether oxygens (including phenoxy) is 1. The lowest BCUT2D eigenvalue weighted by Crippen LogP contribution is -2.43. The molecule has 4 nitrogen and oxygen atoms in total. The molecular weight excluding hydrogens is 252 g/mol. The predicted molar refractivity (Wildman–Crippen MR) is 79.6 cm³/mol. The minimum atomic E-state index is -0.0252. The van der Waals surface area contributed by atoms with E-state index in [1.54, 1.807) is 19.1 Å². The van der Waals surface area contributed by atoms with Gasteiger partial charge in [-0.25, -0.2) is 4.79 Å². The van der Waals surface area contributed by atoms with Gasteiger partial charge in [0.15, 0.2) is 0 Å². The summed E-state index contributed by atoms with van der Waals surface area (Å²) in [5.74, 6) is 0.567. The quantitative estimate of drug-likeness (QED) is 0.868. The van der Waals surface area contributed by atoms with E-state index in [1.165, 1.54) is 24.8 Å². The van der Waals surface area contributed by atoms with Gasteiger partial charge in [-0.05, 0) is 24.3 Å². The summed E-state index contributed by atoms with van der Waals surface area (Å²) >= 11 is 0. The van der Waals surface area contributed by atoms with E-state index >= 15 is 0 Å². The van der Waals surface area contributed by atoms with Crippen molar-refractivity contribution in [3.8, 4) is 0 Å². The third-order valence-corrected chi connectivity index (χ3v) is 4.04. The summed E-state index contributed by atoms with van der Waals surface area (Å²) in [5.41, 5.74) is 1.20. The van der Waals surface area contributed by atoms with Crippen LogP contribution >= 0.6 is 0 Å². The molecule has 1 unspecified atom stereocenters. The lowest BCUT2D eigenvalue weighted by Gasteiger charge is -2.35. The van der Waals surface area contributed by atoms with Crippen LogP contribution in [-0.4, -0.2) is 38.2 Å². The Kier molecular flexibility index (Phi) is 5.41. The molecule has 20 heavy (non-hydrogen) atoms. The fourth-order valence-corrected chi connectivity index (χ4v) is 2.48. The Hall–Kier alpha value is -1.55. The zero-order valence-electron chi connectivity index (χ0n) is 12.3. The molecule has 1 atom stereocenters. The van der Waals surface area contributed by atoms with Gasteiger partial charge in [-0.3, -0.25) is 0 Å². The summed E-state index contributed by atoms with van der Waals surface area (Å²) in [5, 5.41) is 3.18. The second-order valence-corrected chi connectivity index (χ2v) is 5.44. The lowest BCUT2D eigenvalue weighted by atomic mass is 9.77. The molecule has 0 spiro atoms. The van der Waals surface area contributed by atoms with Gasteiger partial charge in [0.05, 0.1) is 12.6 Å². The van der Waals surface area contributed by atoms with Crippen molar-refractivity contribution in [3.63, 3.8) is 0 Å². The molecule has 1 aliphatic rings. The zero-order valence-corrected chi connectivity index (χ0v) is 12.3. The van der Waals surface area contributed by atoms with Gasteiger partial charge in [0.2, 0.25) is 0 Å². The van der Waals surface area contributed by atoms with E-state index in [1.807, 2.05) is 18.2 Å². The summed E-state index contributed by atoms with van der Waals surface area (Å²) < 4.78 is 5.01. The number of carbonyl (C=O) groups is 1. The summed E-state index contributed by atoms with van der Waals surface area (Å²) in [6.45, 7) is 1.16. The highest BCUT2D eigenvalue weighted by atomic mass is 16.5. The molecule has 0 aromatic heterocycles. The molecule has 0 aliphatic heterocycles. The van der Waals surface area contributed by atoms with E-state index in [0.717, 1.165) is 0 Å². The average molecular weight is 276 g/mol. The van der Waals surface area contributed by atoms with E-state index in [2.05, 4.69) is 17.4 Å². The van der Waals surface area contributed by atoms with Crippen LogP contribution in [0.5, 0.6) is 0 Å². The molecule has 0 heterocycles. The highest BCUT2D eigenvalue weighted by Crippen LogP contribution is 2.37. The van der Waals surface area contributed by atoms with Gasteiger partial charge in [-0.2, -0.15) is 0 Å². The SMILES string of the molecule is COCCN(C)C(=O)NC(c1ccccc1)C1CCC1. The van der Waals surface area contributed by atoms with E-state index in [4.69, 9.17) is 4.74 Å². The van der Waals surface area contributed by atoms with E-state index in [-0.39, 0.29) is 12.1 Å². The number of benzene rings is 1. The molecule has 0 radical (unpaired) electrons. The van der Waals surface area contributed by atoms with Crippen LogP contribution in [0.4, 0.5) is 4.79 Å². The van der Waals surface area contributed by atoms with Gasteiger partial charge in [0.25, 0.3) is 0 Å². The summed E-state index contributed by atoms with van der Waals surface area (Å²) in [6.07, 6.45) is 3.66. The molecule has 110 valence electrons. The second-order valence-electron chi connectivity index (χ2n) is 5.44. The van der Waals surface area contributed by atoms with Gasteiger partial charge in [0, 0.05) is 20.7 Å². The molecule has 4 heteroatoms. The van der Waals surface area contributed by atoms with Crippen molar-refractivity contribution in [1.82, 2.24) is 10.2 Å². The Morgan fingerprint density at radius 2 is 2.10 bits per heavy atom. The highest BCUT2D eigenvalue weighted by Gasteiger charge is 2.30. The van der Waals surface area contributed by atoms with Crippen molar-refractivity contribution in [2.45, 2.75) is 25.3 Å². The molecule has 1 aliphatic carbocycles. The fourth-order valence-electron chi connectivity index (χ4n) is 2.48. The van der Waals surface area contributed by atoms with Crippen LogP contribution in [0.15, 0.2) is 30.3 Å². The molecule has 1 saturated carbocycles. The van der Waals surface area contributed by atoms with Crippen molar-refractivity contribution < 1.29 is 9.53 Å². The Bertz CT molecular complexity index is 418. The van der Waals surface area contributed by atoms with E-state index in [0.29, 0.717) is 19.1 Å². The smallest absolute Gasteiger partial charge is 0.317 e. The van der Waals surface area contributed by atoms with Gasteiger partial charge in [0.1, 0.15) is 0 Å². The van der Waals surface area contributed by atoms with Crippen molar-refractivity contribution in [2.75, 3.05) is 27.3 Å². The Labute approximate surface area is 121 Å². The van der Waals surface area contributed by atoms with Crippen LogP contribution in [-0.2, 0) is 4.74 Å². The van der Waals surface area contributed by atoms with Gasteiger partial charge in [-0.15, -0.1) is 0 Å². The standard InChI is InChI=1S/C16H24N2O2/c1-18(11-12-20-2)16(19)17-15(14-9-6-10-14)13-7-4-3-5-8-13/h3-5,7-8,14-15H,6,9-12H2,1-2H3,(H,17,19). The first kappa shape index (κ1) is 14.9. The van der Waals surface area contributed by atoms with Gasteiger partial charge >= 0.3 is 6.03 Å². The maximum absolute atomic E-state index is 12.2. The summed E-state index contributed by atoms with van der Waals surface area (Å²) in [4.78, 5) is 13.9. The molecule has 0 saturated heterocycles. The average Bonchev–Trinajstić information content (AvgIpc) is 2.43. The maximum Gasteiger partial charge on any atom is 0.317 e. The van der Waals surface area contributed by atoms with Crippen molar-refractivity contribution >= 4 is 6.03 Å². The number of likely N-dealkylation sites (N-methyl/N-ethyl adjacent to an activating group) is 1. The molecule has 1 aromatic rings. The first-order valence-electron chi connectivity index (χ1n) is 7.28. The number of nitrogens with zero attached hydrogens (tertiary/aromatic N) is 1. The van der Waals surface area contributed by atoms with E-state index in [9.17, 15) is 4.79 Å². The Morgan fingerprint density at radius 1 is 1.40 bits per heavy atom. The Morgan fingerprint density at radius 3 is 2.65 bits per heavy atom. The third-order valence-electron chi connectivity index (χ3n) is 4.04.